The van der Waals surface area contributed by atoms with E-state index in [1.54, 1.807) is 24.4 Å². The van der Waals surface area contributed by atoms with Crippen LogP contribution in [0.4, 0.5) is 0 Å². The van der Waals surface area contributed by atoms with E-state index in [0.29, 0.717) is 28.1 Å². The highest BCUT2D eigenvalue weighted by Gasteiger charge is 2.13. The number of aromatic nitrogens is 3. The zero-order valence-corrected chi connectivity index (χ0v) is 13.3. The van der Waals surface area contributed by atoms with Crippen LogP contribution in [0.1, 0.15) is 17.0 Å². The lowest BCUT2D eigenvalue weighted by molar-refractivity contribution is 0.282. The molecular formula is C18H15N3O3. The summed E-state index contributed by atoms with van der Waals surface area (Å²) in [5, 5.41) is 9.97. The lowest BCUT2D eigenvalue weighted by Crippen LogP contribution is -2.03. The maximum atomic E-state index is 12.4. The summed E-state index contributed by atoms with van der Waals surface area (Å²) >= 11 is 0. The highest BCUT2D eigenvalue weighted by Crippen LogP contribution is 2.22. The number of nitrogens with zero attached hydrogens (tertiary/aromatic N) is 3. The zero-order valence-electron chi connectivity index (χ0n) is 13.3. The first-order valence-electron chi connectivity index (χ1n) is 7.56. The zero-order chi connectivity index (χ0) is 16.8. The van der Waals surface area contributed by atoms with E-state index in [0.717, 1.165) is 16.8 Å². The SMILES string of the molecule is Cc1cn2cc(-c3cc4ccc(CO)cc4oc3=O)nc2c(C)n1. The number of benzene rings is 1. The first kappa shape index (κ1) is 14.6. The molecule has 0 aliphatic rings. The normalized spacial score (nSPS) is 11.5. The van der Waals surface area contributed by atoms with E-state index >= 15 is 0 Å². The smallest absolute Gasteiger partial charge is 0.345 e. The number of aryl methyl sites for hydroxylation is 2. The van der Waals surface area contributed by atoms with Crippen LogP contribution in [0.5, 0.6) is 0 Å². The molecule has 0 unspecified atom stereocenters. The van der Waals surface area contributed by atoms with Gasteiger partial charge < -0.3 is 13.9 Å². The van der Waals surface area contributed by atoms with Crippen molar-refractivity contribution in [2.75, 3.05) is 0 Å². The van der Waals surface area contributed by atoms with Crippen molar-refractivity contribution in [1.29, 1.82) is 0 Å². The molecule has 1 N–H and O–H groups in total. The van der Waals surface area contributed by atoms with Crippen molar-refractivity contribution < 1.29 is 9.52 Å². The van der Waals surface area contributed by atoms with Crippen molar-refractivity contribution in [2.45, 2.75) is 20.5 Å². The Balaban J connectivity index is 1.94. The molecule has 1 aromatic carbocycles. The van der Waals surface area contributed by atoms with Crippen LogP contribution in [0.25, 0.3) is 27.9 Å². The van der Waals surface area contributed by atoms with E-state index < -0.39 is 5.63 Å². The van der Waals surface area contributed by atoms with Gasteiger partial charge in [-0.15, -0.1) is 0 Å². The predicted molar refractivity (Wildman–Crippen MR) is 89.9 cm³/mol. The number of aliphatic hydroxyl groups excluding tert-OH is 1. The van der Waals surface area contributed by atoms with Gasteiger partial charge in [-0.25, -0.2) is 9.78 Å². The Labute approximate surface area is 137 Å². The standard InChI is InChI=1S/C18H15N3O3/c1-10-7-21-8-15(20-17(21)11(2)19-10)14-6-13-4-3-12(9-22)5-16(13)24-18(14)23/h3-8,22H,9H2,1-2H3. The van der Waals surface area contributed by atoms with Gasteiger partial charge in [0.15, 0.2) is 5.65 Å². The van der Waals surface area contributed by atoms with Crippen LogP contribution in [0.2, 0.25) is 0 Å². The molecule has 0 aliphatic heterocycles. The summed E-state index contributed by atoms with van der Waals surface area (Å²) in [6, 6.07) is 7.05. The molecule has 0 saturated carbocycles. The molecule has 0 radical (unpaired) electrons. The Morgan fingerprint density at radius 1 is 1.17 bits per heavy atom. The minimum atomic E-state index is -0.455. The lowest BCUT2D eigenvalue weighted by Gasteiger charge is -2.01. The second kappa shape index (κ2) is 5.28. The number of fused-ring (bicyclic) bond motifs is 2. The van der Waals surface area contributed by atoms with Crippen LogP contribution < -0.4 is 5.63 Å². The molecule has 4 rings (SSSR count). The van der Waals surface area contributed by atoms with Crippen molar-refractivity contribution in [1.82, 2.24) is 14.4 Å². The second-order valence-corrected chi connectivity index (χ2v) is 5.80. The number of hydrogen-bond donors (Lipinski definition) is 1. The Bertz CT molecular complexity index is 1140. The van der Waals surface area contributed by atoms with Crippen LogP contribution in [-0.4, -0.2) is 19.5 Å². The van der Waals surface area contributed by atoms with Crippen LogP contribution in [0, 0.1) is 13.8 Å². The third kappa shape index (κ3) is 2.28. The molecule has 0 aliphatic carbocycles. The lowest BCUT2D eigenvalue weighted by atomic mass is 10.1. The highest BCUT2D eigenvalue weighted by atomic mass is 16.4. The topological polar surface area (TPSA) is 80.6 Å². The van der Waals surface area contributed by atoms with Crippen molar-refractivity contribution in [2.24, 2.45) is 0 Å². The largest absolute Gasteiger partial charge is 0.422 e. The third-order valence-corrected chi connectivity index (χ3v) is 3.98. The Hall–Kier alpha value is -2.99. The quantitative estimate of drug-likeness (QED) is 0.574. The molecule has 0 saturated heterocycles. The van der Waals surface area contributed by atoms with E-state index in [4.69, 9.17) is 4.42 Å². The van der Waals surface area contributed by atoms with E-state index in [-0.39, 0.29) is 6.61 Å². The Morgan fingerprint density at radius 2 is 2.00 bits per heavy atom. The number of aliphatic hydroxyl groups is 1. The minimum absolute atomic E-state index is 0.0978. The molecule has 0 bridgehead atoms. The van der Waals surface area contributed by atoms with Crippen molar-refractivity contribution in [3.8, 4) is 11.3 Å². The average Bonchev–Trinajstić information content (AvgIpc) is 2.97. The molecule has 0 fully saturated rings. The maximum Gasteiger partial charge on any atom is 0.345 e. The van der Waals surface area contributed by atoms with E-state index in [9.17, 15) is 9.90 Å². The summed E-state index contributed by atoms with van der Waals surface area (Å²) in [5.74, 6) is 0. The fraction of sp³-hybridized carbons (Fsp3) is 0.167. The Kier molecular flexibility index (Phi) is 3.21. The number of imidazole rings is 1. The molecule has 6 nitrogen and oxygen atoms in total. The van der Waals surface area contributed by atoms with Crippen LogP contribution in [-0.2, 0) is 6.61 Å². The predicted octanol–water partition coefficient (Wildman–Crippen LogP) is 2.61. The summed E-state index contributed by atoms with van der Waals surface area (Å²) in [4.78, 5) is 21.3. The van der Waals surface area contributed by atoms with Gasteiger partial charge in [-0.3, -0.25) is 4.98 Å². The van der Waals surface area contributed by atoms with Crippen molar-refractivity contribution in [3.05, 3.63) is 64.0 Å². The maximum absolute atomic E-state index is 12.4. The van der Waals surface area contributed by atoms with Crippen LogP contribution in [0.3, 0.4) is 0 Å². The Morgan fingerprint density at radius 3 is 2.79 bits per heavy atom. The number of hydrogen-bond acceptors (Lipinski definition) is 5. The summed E-state index contributed by atoms with van der Waals surface area (Å²) in [6.45, 7) is 3.70. The summed E-state index contributed by atoms with van der Waals surface area (Å²) in [5.41, 5.74) is 4.04. The molecular weight excluding hydrogens is 306 g/mol. The molecule has 24 heavy (non-hydrogen) atoms. The molecule has 4 aromatic rings. The first-order valence-corrected chi connectivity index (χ1v) is 7.56. The van der Waals surface area contributed by atoms with Gasteiger partial charge in [-0.05, 0) is 31.5 Å². The van der Waals surface area contributed by atoms with Gasteiger partial charge in [0, 0.05) is 17.8 Å². The van der Waals surface area contributed by atoms with Crippen molar-refractivity contribution >= 4 is 16.6 Å². The van der Waals surface area contributed by atoms with E-state index in [1.165, 1.54) is 0 Å². The molecule has 3 heterocycles. The fourth-order valence-electron chi connectivity index (χ4n) is 2.87. The highest BCUT2D eigenvalue weighted by molar-refractivity contribution is 5.81. The van der Waals surface area contributed by atoms with Gasteiger partial charge in [0.25, 0.3) is 0 Å². The summed E-state index contributed by atoms with van der Waals surface area (Å²) in [7, 11) is 0. The average molecular weight is 321 g/mol. The fourth-order valence-corrected chi connectivity index (χ4v) is 2.87. The molecule has 120 valence electrons. The van der Waals surface area contributed by atoms with E-state index in [2.05, 4.69) is 9.97 Å². The van der Waals surface area contributed by atoms with Gasteiger partial charge >= 0.3 is 5.63 Å². The summed E-state index contributed by atoms with van der Waals surface area (Å²) < 4.78 is 7.27. The minimum Gasteiger partial charge on any atom is -0.422 e. The second-order valence-electron chi connectivity index (χ2n) is 5.80. The number of rotatable bonds is 2. The van der Waals surface area contributed by atoms with Gasteiger partial charge in [0.2, 0.25) is 0 Å². The van der Waals surface area contributed by atoms with Crippen molar-refractivity contribution in [3.63, 3.8) is 0 Å². The molecule has 0 spiro atoms. The summed E-state index contributed by atoms with van der Waals surface area (Å²) in [6.07, 6.45) is 3.67. The molecule has 3 aromatic heterocycles. The van der Waals surface area contributed by atoms with E-state index in [1.807, 2.05) is 30.5 Å². The van der Waals surface area contributed by atoms with Gasteiger partial charge in [-0.2, -0.15) is 0 Å². The monoisotopic (exact) mass is 321 g/mol. The van der Waals surface area contributed by atoms with Gasteiger partial charge in [-0.1, -0.05) is 12.1 Å². The molecule has 6 heteroatoms. The molecule has 0 atom stereocenters. The third-order valence-electron chi connectivity index (χ3n) is 3.98. The molecule has 0 amide bonds. The first-order chi connectivity index (χ1) is 11.5. The van der Waals surface area contributed by atoms with Gasteiger partial charge in [0.1, 0.15) is 5.58 Å². The van der Waals surface area contributed by atoms with Crippen LogP contribution >= 0.6 is 0 Å². The van der Waals surface area contributed by atoms with Gasteiger partial charge in [0.05, 0.1) is 29.3 Å². The van der Waals surface area contributed by atoms with Crippen LogP contribution in [0.15, 0.2) is 45.9 Å².